The SMILES string of the molecule is CCCCCCCCc1ccc(N=C(CC)C(CCCC)=Nc2ccc(CCCCCCCC)cc2)cc1.CCCCc1cc(O)c([O-])c(C(=O)O)c1C.CCCCc1cc(O)c([O-])c(C(=O)O)c1C.[Pd+2]. The number of unbranched alkanes of at least 4 members (excludes halogenated alkanes) is 13. The minimum Gasteiger partial charge on any atom is -0.869 e. The van der Waals surface area contributed by atoms with E-state index in [4.69, 9.17) is 20.2 Å². The van der Waals surface area contributed by atoms with Gasteiger partial charge < -0.3 is 30.6 Å². The Hall–Kier alpha value is -4.98. The zero-order valence-corrected chi connectivity index (χ0v) is 45.9. The van der Waals surface area contributed by atoms with Crippen LogP contribution in [0.2, 0.25) is 0 Å². The van der Waals surface area contributed by atoms with Crippen molar-refractivity contribution in [1.29, 1.82) is 0 Å². The van der Waals surface area contributed by atoms with Crippen LogP contribution in [0.4, 0.5) is 11.4 Å². The predicted octanol–water partition coefficient (Wildman–Crippen LogP) is 15.6. The number of carbonyl (C=O) groups is 2. The van der Waals surface area contributed by atoms with Crippen molar-refractivity contribution < 1.29 is 60.7 Å². The van der Waals surface area contributed by atoms with Gasteiger partial charge in [0, 0.05) is 0 Å². The second kappa shape index (κ2) is 36.9. The molecule has 0 amide bonds. The minimum absolute atomic E-state index is 0. The summed E-state index contributed by atoms with van der Waals surface area (Å²) in [5, 5.41) is 59.4. The van der Waals surface area contributed by atoms with E-state index in [0.29, 0.717) is 24.0 Å². The molecule has 71 heavy (non-hydrogen) atoms. The van der Waals surface area contributed by atoms with E-state index in [1.807, 2.05) is 13.8 Å². The zero-order chi connectivity index (χ0) is 51.8. The van der Waals surface area contributed by atoms with Crippen LogP contribution >= 0.6 is 0 Å². The normalized spacial score (nSPS) is 11.3. The molecule has 0 aliphatic rings. The molecular formula is C60H86N2O8Pd. The van der Waals surface area contributed by atoms with E-state index in [2.05, 4.69) is 76.2 Å². The van der Waals surface area contributed by atoms with Gasteiger partial charge in [0.05, 0.1) is 33.9 Å². The Morgan fingerprint density at radius 3 is 1.14 bits per heavy atom. The van der Waals surface area contributed by atoms with E-state index in [9.17, 15) is 30.0 Å². The third-order valence-electron chi connectivity index (χ3n) is 12.8. The van der Waals surface area contributed by atoms with Crippen molar-refractivity contribution in [2.45, 2.75) is 209 Å². The van der Waals surface area contributed by atoms with Crippen LogP contribution in [0.5, 0.6) is 23.0 Å². The molecule has 0 aliphatic heterocycles. The van der Waals surface area contributed by atoms with Crippen molar-refractivity contribution in [1.82, 2.24) is 0 Å². The number of aromatic carboxylic acids is 2. The Bertz CT molecular complexity index is 2140. The largest absolute Gasteiger partial charge is 2.00 e. The Morgan fingerprint density at radius 2 is 0.803 bits per heavy atom. The first-order valence-electron chi connectivity index (χ1n) is 26.5. The molecule has 10 nitrogen and oxygen atoms in total. The van der Waals surface area contributed by atoms with Crippen molar-refractivity contribution in [2.24, 2.45) is 9.98 Å². The molecule has 0 unspecified atom stereocenters. The predicted molar refractivity (Wildman–Crippen MR) is 287 cm³/mol. The van der Waals surface area contributed by atoms with Crippen LogP contribution in [0.1, 0.15) is 224 Å². The maximum Gasteiger partial charge on any atom is 2.00 e. The van der Waals surface area contributed by atoms with Crippen LogP contribution in [0, 0.1) is 13.8 Å². The number of benzene rings is 4. The van der Waals surface area contributed by atoms with Crippen molar-refractivity contribution in [3.05, 3.63) is 105 Å². The Labute approximate surface area is 440 Å². The smallest absolute Gasteiger partial charge is 0.869 e. The number of hydrogen-bond acceptors (Lipinski definition) is 8. The first-order valence-corrected chi connectivity index (χ1v) is 26.5. The van der Waals surface area contributed by atoms with E-state index in [-0.39, 0.29) is 31.5 Å². The number of phenols is 2. The number of hydrogen-bond donors (Lipinski definition) is 4. The maximum absolute atomic E-state index is 11.4. The summed E-state index contributed by atoms with van der Waals surface area (Å²) in [5.74, 6) is -5.12. The van der Waals surface area contributed by atoms with Crippen molar-refractivity contribution in [2.75, 3.05) is 0 Å². The molecule has 4 rings (SSSR count). The van der Waals surface area contributed by atoms with Gasteiger partial charge in [-0.25, -0.2) is 9.59 Å². The third kappa shape index (κ3) is 23.4. The summed E-state index contributed by atoms with van der Waals surface area (Å²) in [6.45, 7) is 16.3. The topological polar surface area (TPSA) is 186 Å². The average Bonchev–Trinajstić information content (AvgIpc) is 3.34. The van der Waals surface area contributed by atoms with Gasteiger partial charge in [-0.1, -0.05) is 161 Å². The summed E-state index contributed by atoms with van der Waals surface area (Å²) in [6, 6.07) is 20.6. The molecule has 0 fully saturated rings. The quantitative estimate of drug-likeness (QED) is 0.0235. The monoisotopic (exact) mass is 1070 g/mol. The summed E-state index contributed by atoms with van der Waals surface area (Å²) in [7, 11) is 0. The molecule has 0 atom stereocenters. The van der Waals surface area contributed by atoms with Crippen LogP contribution in [0.25, 0.3) is 0 Å². The van der Waals surface area contributed by atoms with Gasteiger partial charge in [0.2, 0.25) is 0 Å². The number of rotatable bonds is 29. The molecule has 0 aromatic heterocycles. The van der Waals surface area contributed by atoms with Gasteiger partial charge in [0.1, 0.15) is 11.5 Å². The van der Waals surface area contributed by atoms with Crippen molar-refractivity contribution in [3.8, 4) is 23.0 Å². The molecule has 0 aliphatic carbocycles. The summed E-state index contributed by atoms with van der Waals surface area (Å²) >= 11 is 0. The van der Waals surface area contributed by atoms with Crippen molar-refractivity contribution >= 4 is 34.7 Å². The van der Waals surface area contributed by atoms with Crippen LogP contribution < -0.4 is 10.2 Å². The number of nitrogens with zero attached hydrogens (tertiary/aromatic N) is 2. The number of carboxylic acid groups (broad SMARTS) is 2. The summed E-state index contributed by atoms with van der Waals surface area (Å²) in [4.78, 5) is 32.0. The van der Waals surface area contributed by atoms with Crippen LogP contribution in [-0.4, -0.2) is 43.8 Å². The van der Waals surface area contributed by atoms with Crippen LogP contribution in [0.3, 0.4) is 0 Å². The number of carboxylic acids is 2. The molecule has 4 aromatic rings. The second-order valence-electron chi connectivity index (χ2n) is 18.5. The van der Waals surface area contributed by atoms with Gasteiger partial charge in [0.25, 0.3) is 0 Å². The van der Waals surface area contributed by atoms with Gasteiger partial charge in [-0.3, -0.25) is 9.98 Å². The molecule has 0 saturated heterocycles. The third-order valence-corrected chi connectivity index (χ3v) is 12.8. The van der Waals surface area contributed by atoms with Gasteiger partial charge in [-0.15, -0.1) is 0 Å². The first kappa shape index (κ1) is 64.0. The Morgan fingerprint density at radius 1 is 0.465 bits per heavy atom. The van der Waals surface area contributed by atoms with E-state index in [1.165, 1.54) is 120 Å². The maximum atomic E-state index is 11.4. The van der Waals surface area contributed by atoms with Crippen LogP contribution in [-0.2, 0) is 46.1 Å². The average molecular weight is 1070 g/mol. The first-order chi connectivity index (χ1) is 33.7. The molecule has 394 valence electrons. The fraction of sp³-hybridized carbons (Fsp3) is 0.533. The molecule has 11 heteroatoms. The molecule has 0 spiro atoms. The molecule has 0 bridgehead atoms. The number of aromatic hydroxyl groups is 2. The number of aryl methyl sites for hydroxylation is 4. The molecule has 4 N–H and O–H groups in total. The van der Waals surface area contributed by atoms with E-state index < -0.39 is 34.9 Å². The van der Waals surface area contributed by atoms with E-state index >= 15 is 0 Å². The van der Waals surface area contributed by atoms with Crippen LogP contribution in [0.15, 0.2) is 70.6 Å². The number of phenolic OH excluding ortho intramolecular Hbond substituents is 2. The fourth-order valence-electron chi connectivity index (χ4n) is 8.33. The summed E-state index contributed by atoms with van der Waals surface area (Å²) in [5.41, 5.74) is 8.99. The fourth-order valence-corrected chi connectivity index (χ4v) is 8.33. The van der Waals surface area contributed by atoms with E-state index in [1.54, 1.807) is 13.8 Å². The van der Waals surface area contributed by atoms with E-state index in [0.717, 1.165) is 78.9 Å². The molecular weight excluding hydrogens is 983 g/mol. The minimum atomic E-state index is -1.28. The Balaban J connectivity index is 0.000000626. The van der Waals surface area contributed by atoms with Crippen molar-refractivity contribution in [3.63, 3.8) is 0 Å². The summed E-state index contributed by atoms with van der Waals surface area (Å²) < 4.78 is 0. The van der Waals surface area contributed by atoms with Gasteiger partial charge in [0.15, 0.2) is 0 Å². The Kier molecular flexibility index (Phi) is 33.3. The zero-order valence-electron chi connectivity index (χ0n) is 44.4. The second-order valence-corrected chi connectivity index (χ2v) is 18.5. The molecule has 0 saturated carbocycles. The number of aliphatic imine (C=N–C) groups is 2. The standard InChI is InChI=1S/C36H56N2.2C12H16O4.Pd/c1-5-9-12-14-16-18-20-31-23-27-33(28-24-31)37-35(8-4)36(22-11-7-3)38-34-29-25-32(26-30-34)21-19-17-15-13-10-6-2;2*1-3-4-5-8-6-9(13)11(14)10(7(8)2)12(15)16;/h23-30H,5-22H2,1-4H3;2*6,13-14H,3-5H2,1-2H3,(H,15,16);/q;;;+2/p-2. The summed E-state index contributed by atoms with van der Waals surface area (Å²) in [6.07, 6.45) is 27.8. The molecule has 0 radical (unpaired) electrons. The van der Waals surface area contributed by atoms with Gasteiger partial charge in [-0.2, -0.15) is 0 Å². The van der Waals surface area contributed by atoms with Gasteiger partial charge >= 0.3 is 32.4 Å². The van der Waals surface area contributed by atoms with Gasteiger partial charge in [-0.05, 0) is 154 Å². The molecule has 0 heterocycles. The molecule has 4 aromatic carbocycles.